The highest BCUT2D eigenvalue weighted by Gasteiger charge is 2.63. The van der Waals surface area contributed by atoms with Crippen LogP contribution in [0.2, 0.25) is 0 Å². The van der Waals surface area contributed by atoms with Crippen molar-refractivity contribution < 1.29 is 15.2 Å². The van der Waals surface area contributed by atoms with Gasteiger partial charge in [0.25, 0.3) is 0 Å². The van der Waals surface area contributed by atoms with E-state index in [1.54, 1.807) is 6.92 Å². The Bertz CT molecular complexity index is 310. The molecule has 5 heteroatoms. The van der Waals surface area contributed by atoms with E-state index in [-0.39, 0.29) is 12.1 Å². The quantitative estimate of drug-likeness (QED) is 0.649. The Balaban J connectivity index is 1.93. The molecule has 0 aromatic heterocycles. The van der Waals surface area contributed by atoms with Gasteiger partial charge in [0.05, 0.1) is 12.1 Å². The molecule has 2 aliphatic heterocycles. The molecule has 0 aromatic carbocycles. The van der Waals surface area contributed by atoms with Gasteiger partial charge in [0.1, 0.15) is 5.66 Å². The summed E-state index contributed by atoms with van der Waals surface area (Å²) in [6.07, 6.45) is 4.81. The molecule has 1 saturated carbocycles. The zero-order chi connectivity index (χ0) is 11.6. The zero-order valence-corrected chi connectivity index (χ0v) is 9.89. The lowest BCUT2D eigenvalue weighted by Gasteiger charge is -2.32. The molecule has 0 aromatic rings. The lowest BCUT2D eigenvalue weighted by molar-refractivity contribution is -0.300. The first-order valence-corrected chi connectivity index (χ1v) is 6.13. The lowest BCUT2D eigenvalue weighted by Crippen LogP contribution is -2.47. The number of hydrogen-bond donors (Lipinski definition) is 2. The Labute approximate surface area is 95.5 Å². The molecule has 1 aliphatic carbocycles. The summed E-state index contributed by atoms with van der Waals surface area (Å²) >= 11 is 0. The van der Waals surface area contributed by atoms with Gasteiger partial charge in [-0.3, -0.25) is 4.84 Å². The minimum atomic E-state index is -1.15. The third-order valence-corrected chi connectivity index (χ3v) is 4.24. The molecule has 0 unspecified atom stereocenters. The van der Waals surface area contributed by atoms with Gasteiger partial charge in [-0.05, 0) is 26.7 Å². The van der Waals surface area contributed by atoms with Crippen LogP contribution in [0.5, 0.6) is 0 Å². The second kappa shape index (κ2) is 3.17. The molecule has 16 heavy (non-hydrogen) atoms. The fourth-order valence-corrected chi connectivity index (χ4v) is 3.66. The molecule has 0 bridgehead atoms. The second-order valence-corrected chi connectivity index (χ2v) is 5.75. The Morgan fingerprint density at radius 2 is 1.81 bits per heavy atom. The summed E-state index contributed by atoms with van der Waals surface area (Å²) in [5.41, 5.74) is -0.566. The smallest absolute Gasteiger partial charge is 0.185 e. The Morgan fingerprint density at radius 1 is 1.19 bits per heavy atom. The van der Waals surface area contributed by atoms with Crippen molar-refractivity contribution >= 4 is 0 Å². The van der Waals surface area contributed by atoms with Crippen LogP contribution in [0.3, 0.4) is 0 Å². The van der Waals surface area contributed by atoms with Crippen LogP contribution in [-0.2, 0) is 4.84 Å². The van der Waals surface area contributed by atoms with Crippen LogP contribution in [-0.4, -0.2) is 44.0 Å². The van der Waals surface area contributed by atoms with Crippen molar-refractivity contribution in [2.45, 2.75) is 69.5 Å². The molecule has 2 saturated heterocycles. The van der Waals surface area contributed by atoms with Crippen LogP contribution in [0.4, 0.5) is 0 Å². The van der Waals surface area contributed by atoms with E-state index in [0.29, 0.717) is 6.42 Å². The van der Waals surface area contributed by atoms with Crippen LogP contribution in [0.25, 0.3) is 0 Å². The van der Waals surface area contributed by atoms with Gasteiger partial charge < -0.3 is 10.3 Å². The normalized spacial score (nSPS) is 54.0. The van der Waals surface area contributed by atoms with Crippen LogP contribution in [0.1, 0.15) is 46.0 Å². The van der Waals surface area contributed by atoms with Crippen molar-refractivity contribution in [2.75, 3.05) is 0 Å². The number of hydroxylamine groups is 4. The van der Waals surface area contributed by atoms with E-state index < -0.39 is 11.4 Å². The van der Waals surface area contributed by atoms with Gasteiger partial charge in [-0.15, -0.1) is 0 Å². The molecule has 5 nitrogen and oxygen atoms in total. The molecular formula is C11H20N2O3. The van der Waals surface area contributed by atoms with Crippen LogP contribution < -0.4 is 0 Å². The largest absolute Gasteiger partial charge is 0.364 e. The van der Waals surface area contributed by atoms with Gasteiger partial charge in [0, 0.05) is 6.42 Å². The Morgan fingerprint density at radius 3 is 2.50 bits per heavy atom. The average Bonchev–Trinajstić information content (AvgIpc) is 2.57. The number of nitrogens with zero attached hydrogens (tertiary/aromatic N) is 2. The summed E-state index contributed by atoms with van der Waals surface area (Å²) < 4.78 is 0. The number of aliphatic hydroxyl groups is 1. The van der Waals surface area contributed by atoms with Crippen LogP contribution >= 0.6 is 0 Å². The summed E-state index contributed by atoms with van der Waals surface area (Å²) in [7, 11) is 0. The first kappa shape index (κ1) is 10.9. The van der Waals surface area contributed by atoms with Crippen molar-refractivity contribution in [1.82, 2.24) is 10.1 Å². The molecule has 92 valence electrons. The molecule has 2 heterocycles. The van der Waals surface area contributed by atoms with Crippen molar-refractivity contribution in [3.8, 4) is 0 Å². The minimum absolute atomic E-state index is 0.162. The topological polar surface area (TPSA) is 56.2 Å². The zero-order valence-electron chi connectivity index (χ0n) is 9.89. The SMILES string of the molecule is C[C@@]12C[C@](C)(O)ON1[C@@H]1CCCC[C@@H]1N2O. The summed E-state index contributed by atoms with van der Waals surface area (Å²) in [5, 5.41) is 23.5. The van der Waals surface area contributed by atoms with Gasteiger partial charge >= 0.3 is 0 Å². The first-order chi connectivity index (χ1) is 7.44. The maximum atomic E-state index is 10.3. The number of hydrogen-bond acceptors (Lipinski definition) is 5. The average molecular weight is 228 g/mol. The van der Waals surface area contributed by atoms with Gasteiger partial charge in [-0.1, -0.05) is 12.8 Å². The molecule has 0 amide bonds. The van der Waals surface area contributed by atoms with E-state index in [1.807, 2.05) is 12.0 Å². The highest BCUT2D eigenvalue weighted by Crippen LogP contribution is 2.49. The minimum Gasteiger partial charge on any atom is -0.364 e. The van der Waals surface area contributed by atoms with Gasteiger partial charge in [-0.2, -0.15) is 10.1 Å². The highest BCUT2D eigenvalue weighted by molar-refractivity contribution is 5.04. The molecule has 0 spiro atoms. The van der Waals surface area contributed by atoms with E-state index in [4.69, 9.17) is 4.84 Å². The van der Waals surface area contributed by atoms with E-state index in [2.05, 4.69) is 0 Å². The lowest BCUT2D eigenvalue weighted by atomic mass is 9.91. The molecule has 0 radical (unpaired) electrons. The van der Waals surface area contributed by atoms with Crippen molar-refractivity contribution in [3.05, 3.63) is 0 Å². The predicted molar refractivity (Wildman–Crippen MR) is 56.2 cm³/mol. The van der Waals surface area contributed by atoms with Gasteiger partial charge in [0.15, 0.2) is 5.79 Å². The number of fused-ring (bicyclic) bond motifs is 3. The van der Waals surface area contributed by atoms with E-state index in [1.165, 1.54) is 17.9 Å². The highest BCUT2D eigenvalue weighted by atomic mass is 16.8. The maximum Gasteiger partial charge on any atom is 0.185 e. The summed E-state index contributed by atoms with van der Waals surface area (Å²) in [6.45, 7) is 3.59. The van der Waals surface area contributed by atoms with Crippen LogP contribution in [0.15, 0.2) is 0 Å². The molecule has 3 fully saturated rings. The van der Waals surface area contributed by atoms with Crippen molar-refractivity contribution in [2.24, 2.45) is 0 Å². The number of rotatable bonds is 0. The maximum absolute atomic E-state index is 10.3. The standard InChI is InChI=1S/C11H20N2O3/c1-10-7-11(2,14)16-13(10)9-6-4-3-5-8(9)12(10)15/h8-9,14-15H,3-7H2,1-2H3/t8-,9+,10-,11+/m0/s1. The second-order valence-electron chi connectivity index (χ2n) is 5.75. The van der Waals surface area contributed by atoms with E-state index in [9.17, 15) is 10.3 Å². The fourth-order valence-electron chi connectivity index (χ4n) is 3.66. The first-order valence-electron chi connectivity index (χ1n) is 6.13. The third-order valence-electron chi connectivity index (χ3n) is 4.24. The Kier molecular flexibility index (Phi) is 2.17. The van der Waals surface area contributed by atoms with E-state index >= 15 is 0 Å². The van der Waals surface area contributed by atoms with Crippen LogP contribution in [0, 0.1) is 0 Å². The van der Waals surface area contributed by atoms with Crippen molar-refractivity contribution in [1.29, 1.82) is 0 Å². The molecular weight excluding hydrogens is 208 g/mol. The third kappa shape index (κ3) is 1.29. The summed E-state index contributed by atoms with van der Waals surface area (Å²) in [6, 6.07) is 0.382. The van der Waals surface area contributed by atoms with Gasteiger partial charge in [-0.25, -0.2) is 0 Å². The van der Waals surface area contributed by atoms with E-state index in [0.717, 1.165) is 12.8 Å². The monoisotopic (exact) mass is 228 g/mol. The molecule has 3 aliphatic rings. The summed E-state index contributed by atoms with van der Waals surface area (Å²) in [5.74, 6) is -1.15. The van der Waals surface area contributed by atoms with Gasteiger partial charge in [0.2, 0.25) is 0 Å². The molecule has 3 rings (SSSR count). The Hall–Kier alpha value is -0.200. The molecule has 4 atom stereocenters. The fraction of sp³-hybridized carbons (Fsp3) is 1.00. The van der Waals surface area contributed by atoms with Crippen molar-refractivity contribution in [3.63, 3.8) is 0 Å². The predicted octanol–water partition coefficient (Wildman–Crippen LogP) is 1.06. The summed E-state index contributed by atoms with van der Waals surface area (Å²) in [4.78, 5) is 5.60. The molecule has 2 N–H and O–H groups in total.